The molecule has 1 saturated heterocycles. The minimum atomic E-state index is 0.246. The fourth-order valence-electron chi connectivity index (χ4n) is 4.24. The summed E-state index contributed by atoms with van der Waals surface area (Å²) in [4.78, 5) is 0. The second kappa shape index (κ2) is 14.6. The van der Waals surface area contributed by atoms with Gasteiger partial charge in [-0.2, -0.15) is 0 Å². The molecule has 0 spiro atoms. The molecule has 0 bridgehead atoms. The van der Waals surface area contributed by atoms with E-state index in [9.17, 15) is 0 Å². The molecule has 2 fully saturated rings. The van der Waals surface area contributed by atoms with Gasteiger partial charge in [0, 0.05) is 84.3 Å². The highest BCUT2D eigenvalue weighted by Gasteiger charge is 2.25. The molecule has 2 aliphatic rings. The quantitative estimate of drug-likeness (QED) is 0.400. The van der Waals surface area contributed by atoms with Crippen molar-refractivity contribution >= 4 is 0 Å². The Kier molecular flexibility index (Phi) is 12.5. The molecule has 0 amide bonds. The summed E-state index contributed by atoms with van der Waals surface area (Å²) in [6, 6.07) is 1.89. The summed E-state index contributed by atoms with van der Waals surface area (Å²) in [5.41, 5.74) is 0. The lowest BCUT2D eigenvalue weighted by atomic mass is 9.90. The van der Waals surface area contributed by atoms with Gasteiger partial charge in [0.1, 0.15) is 0 Å². The van der Waals surface area contributed by atoms with E-state index >= 15 is 0 Å². The Hall–Kier alpha value is -0.320. The van der Waals surface area contributed by atoms with Gasteiger partial charge in [-0.25, -0.2) is 0 Å². The molecule has 0 aromatic carbocycles. The number of nitrogens with one attached hydrogen (secondary N) is 5. The van der Waals surface area contributed by atoms with Gasteiger partial charge in [-0.3, -0.25) is 0 Å². The van der Waals surface area contributed by atoms with Crippen molar-refractivity contribution in [2.45, 2.75) is 55.9 Å². The molecular weight excluding hydrogens is 358 g/mol. The normalized spacial score (nSPS) is 34.2. The van der Waals surface area contributed by atoms with Crippen LogP contribution in [0.5, 0.6) is 0 Å². The van der Waals surface area contributed by atoms with Crippen LogP contribution < -0.4 is 26.6 Å². The maximum absolute atomic E-state index is 5.45. The Bertz CT molecular complexity index is 391. The van der Waals surface area contributed by atoms with Crippen LogP contribution in [0.2, 0.25) is 0 Å². The molecule has 0 radical (unpaired) electrons. The van der Waals surface area contributed by atoms with Crippen LogP contribution in [0.25, 0.3) is 0 Å². The van der Waals surface area contributed by atoms with Crippen LogP contribution in [-0.4, -0.2) is 104 Å². The molecule has 5 atom stereocenters. The van der Waals surface area contributed by atoms with Crippen LogP contribution in [0.1, 0.15) is 25.7 Å². The number of ether oxygens (including phenoxy) is 3. The summed E-state index contributed by atoms with van der Waals surface area (Å²) >= 11 is 0. The van der Waals surface area contributed by atoms with Crippen molar-refractivity contribution in [3.05, 3.63) is 0 Å². The van der Waals surface area contributed by atoms with E-state index in [2.05, 4.69) is 26.6 Å². The fraction of sp³-hybridized carbons (Fsp3) is 1.00. The summed E-state index contributed by atoms with van der Waals surface area (Å²) in [6.07, 6.45) is 5.12. The largest absolute Gasteiger partial charge is 0.383 e. The van der Waals surface area contributed by atoms with E-state index in [0.29, 0.717) is 31.9 Å². The molecule has 5 N–H and O–H groups in total. The van der Waals surface area contributed by atoms with E-state index in [1.54, 1.807) is 21.3 Å². The van der Waals surface area contributed by atoms with Crippen molar-refractivity contribution in [3.8, 4) is 0 Å². The minimum Gasteiger partial charge on any atom is -0.383 e. The van der Waals surface area contributed by atoms with E-state index in [-0.39, 0.29) is 18.1 Å². The summed E-state index contributed by atoms with van der Waals surface area (Å²) in [5.74, 6) is 0. The second-order valence-corrected chi connectivity index (χ2v) is 8.09. The van der Waals surface area contributed by atoms with Gasteiger partial charge in [0.25, 0.3) is 0 Å². The van der Waals surface area contributed by atoms with Crippen molar-refractivity contribution in [2.75, 3.05) is 73.9 Å². The van der Waals surface area contributed by atoms with Crippen molar-refractivity contribution in [1.29, 1.82) is 0 Å². The molecular formula is C20H43N5O3. The van der Waals surface area contributed by atoms with Crippen LogP contribution in [0.15, 0.2) is 0 Å². The topological polar surface area (TPSA) is 87.8 Å². The second-order valence-electron chi connectivity index (χ2n) is 8.09. The smallest absolute Gasteiger partial charge is 0.0628 e. The summed E-state index contributed by atoms with van der Waals surface area (Å²) in [6.45, 7) is 6.60. The van der Waals surface area contributed by atoms with Crippen molar-refractivity contribution in [2.24, 2.45) is 0 Å². The molecule has 1 aliphatic heterocycles. The highest BCUT2D eigenvalue weighted by molar-refractivity contribution is 4.88. The Morgan fingerprint density at radius 2 is 1.00 bits per heavy atom. The Labute approximate surface area is 171 Å². The van der Waals surface area contributed by atoms with E-state index in [4.69, 9.17) is 14.2 Å². The van der Waals surface area contributed by atoms with Gasteiger partial charge in [0.2, 0.25) is 0 Å². The van der Waals surface area contributed by atoms with Crippen molar-refractivity contribution in [1.82, 2.24) is 26.6 Å². The summed E-state index contributed by atoms with van der Waals surface area (Å²) in [5, 5.41) is 18.5. The van der Waals surface area contributed by atoms with E-state index in [1.165, 1.54) is 25.7 Å². The van der Waals surface area contributed by atoms with E-state index in [0.717, 1.165) is 32.7 Å². The third-order valence-electron chi connectivity index (χ3n) is 5.77. The molecule has 8 heteroatoms. The molecule has 2 rings (SSSR count). The monoisotopic (exact) mass is 401 g/mol. The van der Waals surface area contributed by atoms with Crippen LogP contribution in [0, 0.1) is 0 Å². The molecule has 166 valence electrons. The molecule has 8 nitrogen and oxygen atoms in total. The number of fused-ring (bicyclic) bond motifs is 1. The fourth-order valence-corrected chi connectivity index (χ4v) is 4.24. The van der Waals surface area contributed by atoms with Crippen molar-refractivity contribution < 1.29 is 14.2 Å². The Balaban J connectivity index is 2.00. The maximum atomic E-state index is 5.45. The zero-order valence-electron chi connectivity index (χ0n) is 18.1. The maximum Gasteiger partial charge on any atom is 0.0628 e. The summed E-state index contributed by atoms with van der Waals surface area (Å²) < 4.78 is 16.3. The third-order valence-corrected chi connectivity index (χ3v) is 5.77. The Morgan fingerprint density at radius 1 is 0.571 bits per heavy atom. The van der Waals surface area contributed by atoms with Gasteiger partial charge in [-0.1, -0.05) is 12.8 Å². The van der Waals surface area contributed by atoms with Crippen LogP contribution in [0.4, 0.5) is 0 Å². The first-order valence-corrected chi connectivity index (χ1v) is 10.9. The lowest BCUT2D eigenvalue weighted by Crippen LogP contribution is -2.55. The predicted octanol–water partition coefficient (Wildman–Crippen LogP) is -0.696. The van der Waals surface area contributed by atoms with E-state index < -0.39 is 0 Å². The highest BCUT2D eigenvalue weighted by atomic mass is 16.5. The third kappa shape index (κ3) is 9.00. The first-order valence-electron chi connectivity index (χ1n) is 10.9. The van der Waals surface area contributed by atoms with Crippen LogP contribution >= 0.6 is 0 Å². The molecule has 1 saturated carbocycles. The van der Waals surface area contributed by atoms with Gasteiger partial charge in [-0.05, 0) is 12.8 Å². The van der Waals surface area contributed by atoms with Gasteiger partial charge in [-0.15, -0.1) is 0 Å². The van der Waals surface area contributed by atoms with Crippen molar-refractivity contribution in [3.63, 3.8) is 0 Å². The number of rotatable bonds is 6. The average Bonchev–Trinajstić information content (AvgIpc) is 2.71. The number of hydrogen-bond acceptors (Lipinski definition) is 8. The van der Waals surface area contributed by atoms with Gasteiger partial charge in [0.05, 0.1) is 19.8 Å². The predicted molar refractivity (Wildman–Crippen MR) is 113 cm³/mol. The van der Waals surface area contributed by atoms with Crippen LogP contribution in [0.3, 0.4) is 0 Å². The molecule has 1 heterocycles. The SMILES string of the molecule is COC[C@@H]1CN[C@H](COC)CN[C@H](COC)CN[C@@H]2CCCC[C@@H]2NCCN1. The molecule has 0 unspecified atom stereocenters. The lowest BCUT2D eigenvalue weighted by Gasteiger charge is -2.34. The van der Waals surface area contributed by atoms with Gasteiger partial charge < -0.3 is 40.8 Å². The number of methoxy groups -OCH3 is 3. The molecule has 0 aromatic heterocycles. The van der Waals surface area contributed by atoms with Crippen LogP contribution in [-0.2, 0) is 14.2 Å². The lowest BCUT2D eigenvalue weighted by molar-refractivity contribution is 0.137. The van der Waals surface area contributed by atoms with Gasteiger partial charge in [0.15, 0.2) is 0 Å². The molecule has 0 aromatic rings. The molecule has 1 aliphatic carbocycles. The standard InChI is InChI=1S/C20H43N5O3/c1-26-13-16-10-23-17(14-27-2)11-24-18(15-28-3)12-25-20-7-5-4-6-19(20)22-9-8-21-16/h16-25H,4-15H2,1-3H3/t16-,17-,18-,19-,20+/m0/s1. The Morgan fingerprint density at radius 3 is 1.54 bits per heavy atom. The highest BCUT2D eigenvalue weighted by Crippen LogP contribution is 2.18. The minimum absolute atomic E-state index is 0.246. The zero-order chi connectivity index (χ0) is 20.0. The molecule has 28 heavy (non-hydrogen) atoms. The average molecular weight is 402 g/mol. The number of hydrogen-bond donors (Lipinski definition) is 5. The zero-order valence-corrected chi connectivity index (χ0v) is 18.1. The summed E-state index contributed by atoms with van der Waals surface area (Å²) in [7, 11) is 5.29. The first-order chi connectivity index (χ1) is 13.8. The van der Waals surface area contributed by atoms with E-state index in [1.807, 2.05) is 0 Å². The van der Waals surface area contributed by atoms with Gasteiger partial charge >= 0.3 is 0 Å². The first kappa shape index (κ1) is 24.0.